The van der Waals surface area contributed by atoms with E-state index in [4.69, 9.17) is 23.2 Å². The van der Waals surface area contributed by atoms with Crippen LogP contribution in [0.1, 0.15) is 15.9 Å². The van der Waals surface area contributed by atoms with Crippen molar-refractivity contribution in [1.29, 1.82) is 0 Å². The molecule has 0 saturated heterocycles. The molecule has 156 valence electrons. The van der Waals surface area contributed by atoms with Crippen molar-refractivity contribution in [2.24, 2.45) is 0 Å². The Morgan fingerprint density at radius 2 is 1.84 bits per heavy atom. The third kappa shape index (κ3) is 4.20. The van der Waals surface area contributed by atoms with Crippen LogP contribution in [0.25, 0.3) is 16.3 Å². The van der Waals surface area contributed by atoms with Crippen molar-refractivity contribution >= 4 is 62.9 Å². The van der Waals surface area contributed by atoms with Gasteiger partial charge in [0.15, 0.2) is 0 Å². The van der Waals surface area contributed by atoms with E-state index in [9.17, 15) is 20.3 Å². The summed E-state index contributed by atoms with van der Waals surface area (Å²) in [7, 11) is 0. The molecule has 6 nitrogen and oxygen atoms in total. The van der Waals surface area contributed by atoms with Gasteiger partial charge in [0.1, 0.15) is 0 Å². The Balaban J connectivity index is 1.81. The van der Waals surface area contributed by atoms with E-state index < -0.39 is 10.9 Å². The minimum Gasteiger partial charge on any atom is -0.612 e. The highest BCUT2D eigenvalue weighted by Crippen LogP contribution is 2.34. The summed E-state index contributed by atoms with van der Waals surface area (Å²) in [6, 6.07) is 10.0. The van der Waals surface area contributed by atoms with E-state index in [1.165, 1.54) is 30.0 Å². The maximum atomic E-state index is 12.0. The number of nitrogens with zero attached hydrogens (tertiary/aromatic N) is 1. The average Bonchev–Trinajstić information content (AvgIpc) is 3.23. The second-order valence-electron chi connectivity index (χ2n) is 6.57. The predicted molar refractivity (Wildman–Crippen MR) is 125 cm³/mol. The fraction of sp³-hybridized carbons (Fsp3) is 0. The number of benzene rings is 2. The van der Waals surface area contributed by atoms with Crippen molar-refractivity contribution in [3.05, 3.63) is 108 Å². The zero-order chi connectivity index (χ0) is 22.1. The van der Waals surface area contributed by atoms with E-state index in [1.807, 2.05) is 5.41 Å². The lowest BCUT2D eigenvalue weighted by Crippen LogP contribution is -2.27. The van der Waals surface area contributed by atoms with E-state index in [2.05, 4.69) is 5.32 Å². The minimum atomic E-state index is -1.17. The predicted octanol–water partition coefficient (Wildman–Crippen LogP) is 3.82. The van der Waals surface area contributed by atoms with Crippen molar-refractivity contribution in [2.75, 3.05) is 0 Å². The number of nitrogens with one attached hydrogen (secondary N) is 1. The highest BCUT2D eigenvalue weighted by atomic mass is 35.5. The monoisotopic (exact) mass is 471 g/mol. The maximum absolute atomic E-state index is 12.0. The molecule has 1 aliphatic carbocycles. The van der Waals surface area contributed by atoms with Crippen LogP contribution in [-0.4, -0.2) is 21.7 Å². The fourth-order valence-electron chi connectivity index (χ4n) is 3.24. The van der Waals surface area contributed by atoms with Crippen molar-refractivity contribution in [3.63, 3.8) is 0 Å². The number of rotatable bonds is 2. The second kappa shape index (κ2) is 8.55. The van der Waals surface area contributed by atoms with Crippen LogP contribution in [0.5, 0.6) is 0 Å². The topological polar surface area (TPSA) is 98.5 Å². The zero-order valence-electron chi connectivity index (χ0n) is 15.6. The van der Waals surface area contributed by atoms with Gasteiger partial charge >= 0.3 is 5.97 Å². The van der Waals surface area contributed by atoms with Crippen LogP contribution >= 0.6 is 35.0 Å². The molecular formula is C22H13Cl2N2O4S-. The largest absolute Gasteiger partial charge is 0.612 e. The molecular weight excluding hydrogens is 459 g/mol. The van der Waals surface area contributed by atoms with Gasteiger partial charge in [-0.1, -0.05) is 59.2 Å². The number of aromatic carboxylic acids is 1. The van der Waals surface area contributed by atoms with Gasteiger partial charge in [0.2, 0.25) is 5.71 Å². The Labute approximate surface area is 191 Å². The number of carboxylic acids is 1. The molecule has 2 aliphatic rings. The molecule has 0 atom stereocenters. The molecule has 0 bridgehead atoms. The number of hydrogen-bond donors (Lipinski definition) is 2. The third-order valence-corrected chi connectivity index (χ3v) is 6.14. The molecule has 0 radical (unpaired) electrons. The molecule has 2 N–H and O–H groups in total. The highest BCUT2D eigenvalue weighted by molar-refractivity contribution is 8.11. The quantitative estimate of drug-likeness (QED) is 0.510. The summed E-state index contributed by atoms with van der Waals surface area (Å²) < 4.78 is 0. The maximum Gasteiger partial charge on any atom is 0.336 e. The number of thioether (sulfide) groups is 1. The van der Waals surface area contributed by atoms with Gasteiger partial charge in [-0.05, 0) is 30.3 Å². The fourth-order valence-corrected chi connectivity index (χ4v) is 4.60. The van der Waals surface area contributed by atoms with Crippen LogP contribution in [0.15, 0.2) is 66.1 Å². The minimum absolute atomic E-state index is 0.0281. The summed E-state index contributed by atoms with van der Waals surface area (Å²) in [6.07, 6.45) is 6.07. The van der Waals surface area contributed by atoms with Crippen LogP contribution in [0.3, 0.4) is 0 Å². The Kier molecular flexibility index (Phi) is 5.82. The lowest BCUT2D eigenvalue weighted by atomic mass is 9.99. The van der Waals surface area contributed by atoms with E-state index in [0.29, 0.717) is 15.3 Å². The summed E-state index contributed by atoms with van der Waals surface area (Å²) in [5.41, 5.74) is 1.60. The van der Waals surface area contributed by atoms with Crippen LogP contribution in [0.2, 0.25) is 10.0 Å². The van der Waals surface area contributed by atoms with Crippen LogP contribution < -0.4 is 15.8 Å². The van der Waals surface area contributed by atoms with Gasteiger partial charge in [-0.2, -0.15) is 4.90 Å². The normalized spacial score (nSPS) is 18.6. The lowest BCUT2D eigenvalue weighted by molar-refractivity contribution is -0.376. The van der Waals surface area contributed by atoms with Crippen LogP contribution in [-0.2, 0) is 0 Å². The number of allylic oxidation sites excluding steroid dienone is 4. The smallest absolute Gasteiger partial charge is 0.336 e. The molecule has 0 aromatic heterocycles. The standard InChI is InChI=1S/C22H13Cl2N2O4S/c23-13-6-8-16(18(24)10-13)19-11-31-21(25-19)12-5-7-14(17(9-12)22(27)28)15-3-1-2-4-20(15)26(29)30/h1-11,25H,(H-,27,28,29,30)/q-1. The number of hydrogen-bond acceptors (Lipinski definition) is 5. The first-order chi connectivity index (χ1) is 14.8. The van der Waals surface area contributed by atoms with E-state index in [1.54, 1.807) is 42.5 Å². The van der Waals surface area contributed by atoms with E-state index >= 15 is 0 Å². The molecule has 1 aliphatic heterocycles. The van der Waals surface area contributed by atoms with Crippen molar-refractivity contribution in [2.45, 2.75) is 0 Å². The average molecular weight is 472 g/mol. The molecule has 0 saturated carbocycles. The highest BCUT2D eigenvalue weighted by Gasteiger charge is 2.18. The Morgan fingerprint density at radius 3 is 2.55 bits per heavy atom. The van der Waals surface area contributed by atoms with Crippen LogP contribution in [0.4, 0.5) is 0 Å². The first-order valence-electron chi connectivity index (χ1n) is 8.93. The van der Waals surface area contributed by atoms with E-state index in [0.717, 1.165) is 16.3 Å². The number of carboxylic acid groups (broad SMARTS) is 1. The van der Waals surface area contributed by atoms with Gasteiger partial charge in [0.25, 0.3) is 0 Å². The van der Waals surface area contributed by atoms with Crippen molar-refractivity contribution in [1.82, 2.24) is 5.32 Å². The number of halogens is 2. The molecule has 2 aromatic carbocycles. The third-order valence-electron chi connectivity index (χ3n) is 4.67. The first kappa shape index (κ1) is 21.1. The Bertz CT molecular complexity index is 1360. The van der Waals surface area contributed by atoms with Crippen molar-refractivity contribution in [3.8, 4) is 0 Å². The summed E-state index contributed by atoms with van der Waals surface area (Å²) in [6.45, 7) is 0. The molecule has 4 rings (SSSR count). The number of carbonyl (C=O) groups is 1. The SMILES string of the molecule is O=C(O)c1cc(=C2NC(c3ccc(Cl)cc3Cl)=CS2)ccc1=C1C=CC=CC1=[N+]([O-])[O-]. The van der Waals surface area contributed by atoms with Gasteiger partial charge in [-0.25, -0.2) is 4.79 Å². The first-order valence-corrected chi connectivity index (χ1v) is 10.6. The van der Waals surface area contributed by atoms with Gasteiger partial charge < -0.3 is 20.8 Å². The Hall–Kier alpha value is -3.13. The van der Waals surface area contributed by atoms with Crippen LogP contribution in [0, 0.1) is 10.4 Å². The summed E-state index contributed by atoms with van der Waals surface area (Å²) in [5, 5.41) is 40.3. The van der Waals surface area contributed by atoms with Crippen molar-refractivity contribution < 1.29 is 14.8 Å². The molecule has 0 fully saturated rings. The zero-order valence-corrected chi connectivity index (χ0v) is 18.0. The lowest BCUT2D eigenvalue weighted by Gasteiger charge is -2.12. The molecule has 0 spiro atoms. The van der Waals surface area contributed by atoms with Gasteiger partial charge in [-0.3, -0.25) is 0 Å². The summed E-state index contributed by atoms with van der Waals surface area (Å²) >= 11 is 13.6. The van der Waals surface area contributed by atoms with Gasteiger partial charge in [0, 0.05) is 32.5 Å². The Morgan fingerprint density at radius 1 is 1.06 bits per heavy atom. The van der Waals surface area contributed by atoms with Gasteiger partial charge in [0.05, 0.1) is 26.9 Å². The molecule has 0 unspecified atom stereocenters. The van der Waals surface area contributed by atoms with Gasteiger partial charge in [-0.15, -0.1) is 0 Å². The molecule has 1 heterocycles. The summed E-state index contributed by atoms with van der Waals surface area (Å²) in [5.74, 6) is -1.17. The summed E-state index contributed by atoms with van der Waals surface area (Å²) in [4.78, 5) is 11.4. The van der Waals surface area contributed by atoms with E-state index in [-0.39, 0.29) is 22.1 Å². The molecule has 9 heteroatoms. The molecule has 31 heavy (non-hydrogen) atoms. The second-order valence-corrected chi connectivity index (χ2v) is 8.29. The molecule has 2 aromatic rings. The molecule has 0 amide bonds.